The van der Waals surface area contributed by atoms with Crippen molar-refractivity contribution >= 4 is 5.91 Å². The summed E-state index contributed by atoms with van der Waals surface area (Å²) in [6, 6.07) is 0. The fraction of sp³-hybridized carbons (Fsp3) is 0.929. The highest BCUT2D eigenvalue weighted by molar-refractivity contribution is 5.76. The maximum Gasteiger partial charge on any atom is 0.222 e. The minimum absolute atomic E-state index is 0.240. The number of hydrogen-bond acceptors (Lipinski definition) is 2. The first-order chi connectivity index (χ1) is 8.13. The van der Waals surface area contributed by atoms with Gasteiger partial charge in [0.05, 0.1) is 0 Å². The monoisotopic (exact) mass is 238 g/mol. The van der Waals surface area contributed by atoms with Gasteiger partial charge in [0.1, 0.15) is 0 Å². The molecule has 0 spiro atoms. The smallest absolute Gasteiger partial charge is 0.222 e. The van der Waals surface area contributed by atoms with Gasteiger partial charge >= 0.3 is 0 Å². The molecule has 17 heavy (non-hydrogen) atoms. The first-order valence-electron chi connectivity index (χ1n) is 7.10. The number of piperidine rings is 1. The topological polar surface area (TPSA) is 32.3 Å². The van der Waals surface area contributed by atoms with Crippen molar-refractivity contribution in [2.75, 3.05) is 20.1 Å². The fourth-order valence-corrected chi connectivity index (χ4v) is 3.09. The second-order valence-electron chi connectivity index (χ2n) is 6.05. The van der Waals surface area contributed by atoms with Gasteiger partial charge in [0.2, 0.25) is 5.91 Å². The van der Waals surface area contributed by atoms with Gasteiger partial charge in [0, 0.05) is 25.0 Å². The van der Waals surface area contributed by atoms with E-state index >= 15 is 0 Å². The lowest BCUT2D eigenvalue weighted by Gasteiger charge is -2.39. The van der Waals surface area contributed by atoms with Gasteiger partial charge in [-0.2, -0.15) is 0 Å². The molecule has 1 saturated heterocycles. The van der Waals surface area contributed by atoms with E-state index in [9.17, 15) is 4.79 Å². The Hall–Kier alpha value is -0.570. The molecule has 0 aromatic rings. The molecule has 2 fully saturated rings. The number of carbonyl (C=O) groups is 1. The van der Waals surface area contributed by atoms with Gasteiger partial charge in [-0.05, 0) is 45.6 Å². The molecule has 0 aromatic carbocycles. The van der Waals surface area contributed by atoms with E-state index in [1.807, 2.05) is 7.05 Å². The molecular formula is C14H26N2O. The van der Waals surface area contributed by atoms with Crippen LogP contribution in [-0.4, -0.2) is 36.5 Å². The van der Waals surface area contributed by atoms with Crippen molar-refractivity contribution in [2.24, 2.45) is 5.92 Å². The molecule has 0 aromatic heterocycles. The molecule has 0 atom stereocenters. The van der Waals surface area contributed by atoms with E-state index in [2.05, 4.69) is 17.1 Å². The van der Waals surface area contributed by atoms with Gasteiger partial charge in [0.25, 0.3) is 0 Å². The van der Waals surface area contributed by atoms with E-state index in [4.69, 9.17) is 0 Å². The van der Waals surface area contributed by atoms with Crippen LogP contribution in [0.15, 0.2) is 0 Å². The van der Waals surface area contributed by atoms with Crippen LogP contribution in [-0.2, 0) is 4.79 Å². The SMILES string of the molecule is CNC1(C)CCN(C(=O)CC2CCCC2)CC1. The standard InChI is InChI=1S/C14H26N2O/c1-14(15-2)7-9-16(10-8-14)13(17)11-12-5-3-4-6-12/h12,15H,3-11H2,1-2H3. The minimum Gasteiger partial charge on any atom is -0.343 e. The predicted octanol–water partition coefficient (Wildman–Crippen LogP) is 2.17. The van der Waals surface area contributed by atoms with Crippen molar-refractivity contribution in [3.05, 3.63) is 0 Å². The van der Waals surface area contributed by atoms with Crippen LogP contribution >= 0.6 is 0 Å². The van der Waals surface area contributed by atoms with Crippen molar-refractivity contribution in [2.45, 2.75) is 57.4 Å². The molecule has 0 bridgehead atoms. The van der Waals surface area contributed by atoms with Crippen LogP contribution in [0.3, 0.4) is 0 Å². The Morgan fingerprint density at radius 3 is 2.41 bits per heavy atom. The quantitative estimate of drug-likeness (QED) is 0.817. The van der Waals surface area contributed by atoms with Crippen molar-refractivity contribution in [1.82, 2.24) is 10.2 Å². The van der Waals surface area contributed by atoms with E-state index < -0.39 is 0 Å². The molecule has 1 N–H and O–H groups in total. The highest BCUT2D eigenvalue weighted by atomic mass is 16.2. The third-order valence-electron chi connectivity index (χ3n) is 4.76. The summed E-state index contributed by atoms with van der Waals surface area (Å²) < 4.78 is 0. The number of hydrogen-bond donors (Lipinski definition) is 1. The van der Waals surface area contributed by atoms with Crippen LogP contribution in [0.2, 0.25) is 0 Å². The zero-order valence-electron chi connectivity index (χ0n) is 11.3. The lowest BCUT2D eigenvalue weighted by atomic mass is 9.89. The summed E-state index contributed by atoms with van der Waals surface area (Å²) in [6.45, 7) is 4.12. The number of amides is 1. The van der Waals surface area contributed by atoms with E-state index in [-0.39, 0.29) is 5.54 Å². The van der Waals surface area contributed by atoms with Gasteiger partial charge < -0.3 is 10.2 Å². The number of carbonyl (C=O) groups excluding carboxylic acids is 1. The van der Waals surface area contributed by atoms with Crippen LogP contribution in [0.5, 0.6) is 0 Å². The first-order valence-corrected chi connectivity index (χ1v) is 7.10. The summed E-state index contributed by atoms with van der Waals surface area (Å²) in [7, 11) is 2.02. The first kappa shape index (κ1) is 12.9. The Bertz CT molecular complexity index is 263. The molecule has 1 amide bonds. The highest BCUT2D eigenvalue weighted by Gasteiger charge is 2.31. The molecular weight excluding hydrogens is 212 g/mol. The summed E-state index contributed by atoms with van der Waals surface area (Å²) in [6.07, 6.45) is 8.17. The average Bonchev–Trinajstić information content (AvgIpc) is 2.83. The molecule has 1 aliphatic carbocycles. The maximum atomic E-state index is 12.2. The van der Waals surface area contributed by atoms with Gasteiger partial charge in [-0.15, -0.1) is 0 Å². The Balaban J connectivity index is 1.77. The van der Waals surface area contributed by atoms with Crippen LogP contribution < -0.4 is 5.32 Å². The second-order valence-corrected chi connectivity index (χ2v) is 6.05. The summed E-state index contributed by atoms with van der Waals surface area (Å²) in [5.41, 5.74) is 0.240. The van der Waals surface area contributed by atoms with Crippen LogP contribution in [0, 0.1) is 5.92 Å². The number of likely N-dealkylation sites (tertiary alicyclic amines) is 1. The highest BCUT2D eigenvalue weighted by Crippen LogP contribution is 2.29. The number of nitrogens with zero attached hydrogens (tertiary/aromatic N) is 1. The zero-order chi connectivity index (χ0) is 12.3. The zero-order valence-corrected chi connectivity index (χ0v) is 11.3. The van der Waals surface area contributed by atoms with Crippen molar-refractivity contribution in [1.29, 1.82) is 0 Å². The Morgan fingerprint density at radius 2 is 1.88 bits per heavy atom. The lowest BCUT2D eigenvalue weighted by Crippen LogP contribution is -2.51. The van der Waals surface area contributed by atoms with Crippen LogP contribution in [0.25, 0.3) is 0 Å². The number of rotatable bonds is 3. The van der Waals surface area contributed by atoms with Gasteiger partial charge in [0.15, 0.2) is 0 Å². The van der Waals surface area contributed by atoms with Gasteiger partial charge in [-0.25, -0.2) is 0 Å². The average molecular weight is 238 g/mol. The third kappa shape index (κ3) is 3.21. The van der Waals surface area contributed by atoms with E-state index in [0.717, 1.165) is 32.4 Å². The summed E-state index contributed by atoms with van der Waals surface area (Å²) >= 11 is 0. The second kappa shape index (κ2) is 5.38. The molecule has 1 saturated carbocycles. The van der Waals surface area contributed by atoms with E-state index in [0.29, 0.717) is 11.8 Å². The summed E-state index contributed by atoms with van der Waals surface area (Å²) in [5, 5.41) is 3.37. The van der Waals surface area contributed by atoms with Crippen molar-refractivity contribution < 1.29 is 4.79 Å². The third-order valence-corrected chi connectivity index (χ3v) is 4.76. The van der Waals surface area contributed by atoms with Crippen molar-refractivity contribution in [3.63, 3.8) is 0 Å². The molecule has 1 aliphatic heterocycles. The molecule has 2 rings (SSSR count). The Labute approximate surface area is 105 Å². The fourth-order valence-electron chi connectivity index (χ4n) is 3.09. The molecule has 3 nitrogen and oxygen atoms in total. The Morgan fingerprint density at radius 1 is 1.29 bits per heavy atom. The number of nitrogens with one attached hydrogen (secondary N) is 1. The molecule has 0 unspecified atom stereocenters. The Kier molecular flexibility index (Phi) is 4.08. The van der Waals surface area contributed by atoms with Gasteiger partial charge in [-0.3, -0.25) is 4.79 Å². The maximum absolute atomic E-state index is 12.2. The van der Waals surface area contributed by atoms with Crippen LogP contribution in [0.1, 0.15) is 51.9 Å². The summed E-state index contributed by atoms with van der Waals surface area (Å²) in [4.78, 5) is 14.2. The van der Waals surface area contributed by atoms with E-state index in [1.165, 1.54) is 25.7 Å². The molecule has 98 valence electrons. The summed E-state index contributed by atoms with van der Waals surface area (Å²) in [5.74, 6) is 1.08. The van der Waals surface area contributed by atoms with Crippen LogP contribution in [0.4, 0.5) is 0 Å². The predicted molar refractivity (Wildman–Crippen MR) is 69.9 cm³/mol. The largest absolute Gasteiger partial charge is 0.343 e. The normalized spacial score (nSPS) is 25.2. The molecule has 3 heteroatoms. The molecule has 1 heterocycles. The minimum atomic E-state index is 0.240. The lowest BCUT2D eigenvalue weighted by molar-refractivity contribution is -0.133. The van der Waals surface area contributed by atoms with E-state index in [1.54, 1.807) is 0 Å². The van der Waals surface area contributed by atoms with Gasteiger partial charge in [-0.1, -0.05) is 12.8 Å². The van der Waals surface area contributed by atoms with Crippen molar-refractivity contribution in [3.8, 4) is 0 Å². The molecule has 2 aliphatic rings. The molecule has 0 radical (unpaired) electrons.